The molecule has 2 unspecified atom stereocenters. The van der Waals surface area contributed by atoms with E-state index in [1.807, 2.05) is 6.08 Å². The third kappa shape index (κ3) is 5.86. The zero-order valence-corrected chi connectivity index (χ0v) is 10.7. The summed E-state index contributed by atoms with van der Waals surface area (Å²) in [7, 11) is 0. The number of rotatable bonds is 7. The van der Waals surface area contributed by atoms with Crippen LogP contribution in [0.1, 0.15) is 38.5 Å². The molecule has 1 N–H and O–H groups in total. The van der Waals surface area contributed by atoms with E-state index < -0.39 is 0 Å². The highest BCUT2D eigenvalue weighted by Crippen LogP contribution is 2.22. The standard InChI is InChI=1S/C14H24N2O/c1-2-3-10-17-11-9-16-14-8-6-4-5-7-13(14)12-15/h2,13-14,16H,1,3-11H2. The Morgan fingerprint density at radius 2 is 2.12 bits per heavy atom. The van der Waals surface area contributed by atoms with Crippen LogP contribution in [0.3, 0.4) is 0 Å². The molecular formula is C14H24N2O. The lowest BCUT2D eigenvalue weighted by molar-refractivity contribution is 0.136. The minimum Gasteiger partial charge on any atom is -0.380 e. The summed E-state index contributed by atoms with van der Waals surface area (Å²) in [6, 6.07) is 2.80. The molecule has 0 saturated heterocycles. The fourth-order valence-electron chi connectivity index (χ4n) is 2.29. The number of hydrogen-bond donors (Lipinski definition) is 1. The zero-order valence-electron chi connectivity index (χ0n) is 10.7. The number of nitrogens with one attached hydrogen (secondary N) is 1. The van der Waals surface area contributed by atoms with Crippen LogP contribution in [0.5, 0.6) is 0 Å². The first-order valence-corrected chi connectivity index (χ1v) is 6.70. The van der Waals surface area contributed by atoms with Crippen LogP contribution in [-0.4, -0.2) is 25.8 Å². The summed E-state index contributed by atoms with van der Waals surface area (Å²) in [5.41, 5.74) is 0. The van der Waals surface area contributed by atoms with E-state index in [-0.39, 0.29) is 5.92 Å². The molecule has 3 heteroatoms. The highest BCUT2D eigenvalue weighted by Gasteiger charge is 2.22. The predicted molar refractivity (Wildman–Crippen MR) is 69.6 cm³/mol. The molecule has 1 aliphatic rings. The summed E-state index contributed by atoms with van der Waals surface area (Å²) < 4.78 is 5.45. The van der Waals surface area contributed by atoms with E-state index in [0.29, 0.717) is 6.04 Å². The molecule has 0 bridgehead atoms. The van der Waals surface area contributed by atoms with Crippen molar-refractivity contribution in [3.63, 3.8) is 0 Å². The number of hydrogen-bond acceptors (Lipinski definition) is 3. The van der Waals surface area contributed by atoms with Crippen molar-refractivity contribution in [1.29, 1.82) is 5.26 Å². The zero-order chi connectivity index (χ0) is 12.3. The Labute approximate surface area is 105 Å². The predicted octanol–water partition coefficient (Wildman–Crippen LogP) is 2.64. The summed E-state index contributed by atoms with van der Waals surface area (Å²) >= 11 is 0. The van der Waals surface area contributed by atoms with Crippen molar-refractivity contribution >= 4 is 0 Å². The van der Waals surface area contributed by atoms with Gasteiger partial charge < -0.3 is 10.1 Å². The molecule has 17 heavy (non-hydrogen) atoms. The van der Waals surface area contributed by atoms with Gasteiger partial charge in [0.2, 0.25) is 0 Å². The van der Waals surface area contributed by atoms with Crippen molar-refractivity contribution in [2.75, 3.05) is 19.8 Å². The Morgan fingerprint density at radius 1 is 1.29 bits per heavy atom. The molecule has 2 atom stereocenters. The Hall–Kier alpha value is -0.850. The van der Waals surface area contributed by atoms with Gasteiger partial charge in [-0.1, -0.05) is 25.3 Å². The molecule has 1 saturated carbocycles. The van der Waals surface area contributed by atoms with E-state index in [1.165, 1.54) is 19.3 Å². The first-order valence-electron chi connectivity index (χ1n) is 6.70. The van der Waals surface area contributed by atoms with E-state index in [4.69, 9.17) is 10.00 Å². The second kappa shape index (κ2) is 9.21. The second-order valence-electron chi connectivity index (χ2n) is 4.62. The van der Waals surface area contributed by atoms with Gasteiger partial charge in [0.1, 0.15) is 0 Å². The van der Waals surface area contributed by atoms with Crippen molar-refractivity contribution in [2.24, 2.45) is 5.92 Å². The molecule has 0 radical (unpaired) electrons. The van der Waals surface area contributed by atoms with Gasteiger partial charge >= 0.3 is 0 Å². The summed E-state index contributed by atoms with van der Waals surface area (Å²) in [6.45, 7) is 5.97. The van der Waals surface area contributed by atoms with Crippen LogP contribution in [0.25, 0.3) is 0 Å². The first kappa shape index (κ1) is 14.2. The van der Waals surface area contributed by atoms with E-state index in [1.54, 1.807) is 0 Å². The van der Waals surface area contributed by atoms with Gasteiger partial charge in [0.05, 0.1) is 25.2 Å². The van der Waals surface area contributed by atoms with Crippen molar-refractivity contribution in [2.45, 2.75) is 44.6 Å². The van der Waals surface area contributed by atoms with Crippen molar-refractivity contribution in [3.8, 4) is 6.07 Å². The first-order chi connectivity index (χ1) is 8.38. The fourth-order valence-corrected chi connectivity index (χ4v) is 2.29. The maximum absolute atomic E-state index is 9.13. The molecule has 0 amide bonds. The van der Waals surface area contributed by atoms with Crippen molar-refractivity contribution < 1.29 is 4.74 Å². The third-order valence-corrected chi connectivity index (χ3v) is 3.30. The summed E-state index contributed by atoms with van der Waals surface area (Å²) in [5, 5.41) is 12.6. The summed E-state index contributed by atoms with van der Waals surface area (Å²) in [5.74, 6) is 0.186. The molecule has 0 heterocycles. The fraction of sp³-hybridized carbons (Fsp3) is 0.786. The molecule has 0 aromatic heterocycles. The van der Waals surface area contributed by atoms with Crippen LogP contribution in [0.4, 0.5) is 0 Å². The van der Waals surface area contributed by atoms with Crippen molar-refractivity contribution in [3.05, 3.63) is 12.7 Å². The number of ether oxygens (including phenoxy) is 1. The minimum atomic E-state index is 0.186. The van der Waals surface area contributed by atoms with E-state index in [9.17, 15) is 0 Å². The number of nitrogens with zero attached hydrogens (tertiary/aromatic N) is 1. The molecule has 1 aliphatic carbocycles. The van der Waals surface area contributed by atoms with Gasteiger partial charge in [-0.15, -0.1) is 6.58 Å². The maximum atomic E-state index is 9.13. The lowest BCUT2D eigenvalue weighted by Gasteiger charge is -2.20. The summed E-state index contributed by atoms with van der Waals surface area (Å²) in [6.07, 6.45) is 8.66. The molecule has 0 aliphatic heterocycles. The Morgan fingerprint density at radius 3 is 2.88 bits per heavy atom. The second-order valence-corrected chi connectivity index (χ2v) is 4.62. The molecule has 0 aromatic carbocycles. The van der Waals surface area contributed by atoms with Crippen LogP contribution in [0.15, 0.2) is 12.7 Å². The quantitative estimate of drug-likeness (QED) is 0.420. The van der Waals surface area contributed by atoms with Gasteiger partial charge in [-0.3, -0.25) is 0 Å². The minimum absolute atomic E-state index is 0.186. The molecule has 3 nitrogen and oxygen atoms in total. The smallest absolute Gasteiger partial charge is 0.0672 e. The lowest BCUT2D eigenvalue weighted by Crippen LogP contribution is -2.37. The molecule has 1 rings (SSSR count). The summed E-state index contributed by atoms with van der Waals surface area (Å²) in [4.78, 5) is 0. The average Bonchev–Trinajstić information content (AvgIpc) is 2.58. The largest absolute Gasteiger partial charge is 0.380 e. The molecule has 96 valence electrons. The SMILES string of the molecule is C=CCCOCCNC1CCCCCC1C#N. The van der Waals surface area contributed by atoms with Crippen molar-refractivity contribution in [1.82, 2.24) is 5.32 Å². The monoisotopic (exact) mass is 236 g/mol. The third-order valence-electron chi connectivity index (χ3n) is 3.30. The Balaban J connectivity index is 2.14. The van der Waals surface area contributed by atoms with Gasteiger partial charge in [-0.2, -0.15) is 5.26 Å². The van der Waals surface area contributed by atoms with E-state index in [2.05, 4.69) is 18.0 Å². The van der Waals surface area contributed by atoms with Gasteiger partial charge in [0.15, 0.2) is 0 Å². The topological polar surface area (TPSA) is 45.0 Å². The van der Waals surface area contributed by atoms with Crippen LogP contribution in [0, 0.1) is 17.2 Å². The maximum Gasteiger partial charge on any atom is 0.0672 e. The highest BCUT2D eigenvalue weighted by molar-refractivity contribution is 4.93. The van der Waals surface area contributed by atoms with Crippen LogP contribution >= 0.6 is 0 Å². The normalized spacial score (nSPS) is 24.9. The molecule has 1 fully saturated rings. The van der Waals surface area contributed by atoms with Gasteiger partial charge in [-0.25, -0.2) is 0 Å². The van der Waals surface area contributed by atoms with E-state index in [0.717, 1.165) is 39.0 Å². The lowest BCUT2D eigenvalue weighted by atomic mass is 9.96. The van der Waals surface area contributed by atoms with Crippen LogP contribution in [0.2, 0.25) is 0 Å². The van der Waals surface area contributed by atoms with Crippen LogP contribution in [-0.2, 0) is 4.74 Å². The molecule has 0 aromatic rings. The average molecular weight is 236 g/mol. The molecule has 0 spiro atoms. The van der Waals surface area contributed by atoms with E-state index >= 15 is 0 Å². The highest BCUT2D eigenvalue weighted by atomic mass is 16.5. The Kier molecular flexibility index (Phi) is 7.70. The van der Waals surface area contributed by atoms with Gasteiger partial charge in [-0.05, 0) is 19.3 Å². The Bertz CT molecular complexity index is 247. The molecular weight excluding hydrogens is 212 g/mol. The van der Waals surface area contributed by atoms with Crippen LogP contribution < -0.4 is 5.32 Å². The number of nitriles is 1. The van der Waals surface area contributed by atoms with Gasteiger partial charge in [0, 0.05) is 12.6 Å². The van der Waals surface area contributed by atoms with Gasteiger partial charge in [0.25, 0.3) is 0 Å².